The number of hydrogen-bond acceptors (Lipinski definition) is 2. The Kier molecular flexibility index (Phi) is 5.55. The van der Waals surface area contributed by atoms with Gasteiger partial charge in [-0.25, -0.2) is 0 Å². The van der Waals surface area contributed by atoms with Gasteiger partial charge in [0.05, 0.1) is 6.04 Å². The van der Waals surface area contributed by atoms with Crippen molar-refractivity contribution in [3.8, 4) is 0 Å². The summed E-state index contributed by atoms with van der Waals surface area (Å²) in [7, 11) is 0.518. The van der Waals surface area contributed by atoms with Crippen LogP contribution in [0.15, 0.2) is 91.0 Å². The summed E-state index contributed by atoms with van der Waals surface area (Å²) in [6, 6.07) is 31.2. The van der Waals surface area contributed by atoms with Crippen LogP contribution in [0.1, 0.15) is 23.2 Å². The lowest BCUT2D eigenvalue weighted by atomic mass is 9.95. The quantitative estimate of drug-likeness (QED) is 0.675. The Balaban J connectivity index is 1.82. The third-order valence-electron chi connectivity index (χ3n) is 3.85. The van der Waals surface area contributed by atoms with Crippen LogP contribution in [0.25, 0.3) is 0 Å². The Morgan fingerprint density at radius 3 is 1.70 bits per heavy atom. The van der Waals surface area contributed by atoms with Crippen LogP contribution in [-0.4, -0.2) is 0 Å². The zero-order valence-corrected chi connectivity index (χ0v) is 13.9. The molecule has 3 N–H and O–H groups in total. The van der Waals surface area contributed by atoms with Gasteiger partial charge in [-0.15, -0.1) is 0 Å². The molecule has 116 valence electrons. The highest BCUT2D eigenvalue weighted by Crippen LogP contribution is 2.29. The molecule has 2 nitrogen and oxygen atoms in total. The molecule has 0 heterocycles. The predicted molar refractivity (Wildman–Crippen MR) is 100 cm³/mol. The predicted octanol–water partition coefficient (Wildman–Crippen LogP) is 3.94. The summed E-state index contributed by atoms with van der Waals surface area (Å²) < 4.78 is 0. The van der Waals surface area contributed by atoms with Crippen molar-refractivity contribution in [3.05, 3.63) is 102 Å². The third kappa shape index (κ3) is 4.27. The van der Waals surface area contributed by atoms with Gasteiger partial charge in [-0.05, 0) is 25.2 Å². The minimum atomic E-state index is -0.0881. The van der Waals surface area contributed by atoms with Crippen molar-refractivity contribution in [2.75, 3.05) is 0 Å². The van der Waals surface area contributed by atoms with Crippen LogP contribution < -0.4 is 16.1 Å². The summed E-state index contributed by atoms with van der Waals surface area (Å²) >= 11 is 0. The van der Waals surface area contributed by atoms with Gasteiger partial charge < -0.3 is 5.73 Å². The summed E-state index contributed by atoms with van der Waals surface area (Å²) in [5, 5.41) is 4.94. The Hall–Kier alpha value is -1.99. The second-order valence-electron chi connectivity index (χ2n) is 5.46. The molecule has 3 aromatic carbocycles. The molecule has 3 heteroatoms. The molecule has 3 aromatic rings. The average Bonchev–Trinajstić information content (AvgIpc) is 2.64. The largest absolute Gasteiger partial charge is 0.322 e. The van der Waals surface area contributed by atoms with Crippen LogP contribution in [0.3, 0.4) is 0 Å². The summed E-state index contributed by atoms with van der Waals surface area (Å²) in [5.41, 5.74) is 8.94. The van der Waals surface area contributed by atoms with E-state index in [1.165, 1.54) is 10.9 Å². The zero-order chi connectivity index (χ0) is 15.9. The van der Waals surface area contributed by atoms with Crippen molar-refractivity contribution in [2.24, 2.45) is 5.73 Å². The number of nitrogens with one attached hydrogen (secondary N) is 1. The molecule has 0 aromatic heterocycles. The van der Waals surface area contributed by atoms with Gasteiger partial charge in [0.15, 0.2) is 0 Å². The molecule has 0 amide bonds. The highest BCUT2D eigenvalue weighted by molar-refractivity contribution is 7.45. The maximum Gasteiger partial charge on any atom is 0.0549 e. The maximum atomic E-state index is 6.58. The standard InChI is InChI=1S/C20H21N2P/c21-19(16-10-4-1-5-11-16)20(17-12-6-2-7-13-17)22-23-18-14-8-3-9-15-18/h1-15,19-20,22-23H,21H2. The monoisotopic (exact) mass is 320 g/mol. The van der Waals surface area contributed by atoms with Gasteiger partial charge >= 0.3 is 0 Å². The Bertz CT molecular complexity index is 701. The molecule has 0 saturated heterocycles. The van der Waals surface area contributed by atoms with Crippen molar-refractivity contribution < 1.29 is 0 Å². The van der Waals surface area contributed by atoms with Gasteiger partial charge in [0, 0.05) is 6.04 Å². The van der Waals surface area contributed by atoms with E-state index in [0.29, 0.717) is 8.73 Å². The van der Waals surface area contributed by atoms with Crippen LogP contribution in [0.2, 0.25) is 0 Å². The number of rotatable bonds is 6. The first-order valence-corrected chi connectivity index (χ1v) is 8.76. The molecule has 0 radical (unpaired) electrons. The molecule has 3 unspecified atom stereocenters. The second-order valence-corrected chi connectivity index (χ2v) is 6.58. The lowest BCUT2D eigenvalue weighted by Crippen LogP contribution is -2.28. The lowest BCUT2D eigenvalue weighted by molar-refractivity contribution is 0.541. The molecule has 23 heavy (non-hydrogen) atoms. The Labute approximate surface area is 139 Å². The van der Waals surface area contributed by atoms with Crippen LogP contribution in [0.5, 0.6) is 0 Å². The van der Waals surface area contributed by atoms with Crippen molar-refractivity contribution in [3.63, 3.8) is 0 Å². The fraction of sp³-hybridized carbons (Fsp3) is 0.100. The normalized spacial score (nSPS) is 14.0. The Morgan fingerprint density at radius 2 is 1.13 bits per heavy atom. The zero-order valence-electron chi connectivity index (χ0n) is 12.9. The molecular formula is C20H21N2P. The summed E-state index contributed by atoms with van der Waals surface area (Å²) in [6.07, 6.45) is 0. The van der Waals surface area contributed by atoms with E-state index >= 15 is 0 Å². The van der Waals surface area contributed by atoms with E-state index in [2.05, 4.69) is 65.8 Å². The van der Waals surface area contributed by atoms with Gasteiger partial charge in [0.2, 0.25) is 0 Å². The first-order valence-electron chi connectivity index (χ1n) is 7.76. The number of nitrogens with two attached hydrogens (primary N) is 1. The first kappa shape index (κ1) is 15.9. The fourth-order valence-electron chi connectivity index (χ4n) is 2.59. The Morgan fingerprint density at radius 1 is 0.652 bits per heavy atom. The maximum absolute atomic E-state index is 6.58. The van der Waals surface area contributed by atoms with Crippen molar-refractivity contribution in [2.45, 2.75) is 12.1 Å². The molecule has 0 bridgehead atoms. The number of hydrogen-bond donors (Lipinski definition) is 2. The SMILES string of the molecule is NC(c1ccccc1)C(NPc1ccccc1)c1ccccc1. The smallest absolute Gasteiger partial charge is 0.0549 e. The molecule has 0 aliphatic carbocycles. The summed E-state index contributed by atoms with van der Waals surface area (Å²) in [5.74, 6) is 0. The van der Waals surface area contributed by atoms with Crippen LogP contribution in [0.4, 0.5) is 0 Å². The molecule has 0 aliphatic heterocycles. The van der Waals surface area contributed by atoms with E-state index in [0.717, 1.165) is 5.56 Å². The van der Waals surface area contributed by atoms with E-state index in [-0.39, 0.29) is 12.1 Å². The molecule has 3 rings (SSSR count). The highest BCUT2D eigenvalue weighted by atomic mass is 31.1. The fourth-order valence-corrected chi connectivity index (χ4v) is 3.62. The van der Waals surface area contributed by atoms with E-state index in [9.17, 15) is 0 Å². The molecule has 0 saturated carbocycles. The van der Waals surface area contributed by atoms with E-state index in [1.54, 1.807) is 0 Å². The molecule has 3 atom stereocenters. The summed E-state index contributed by atoms with van der Waals surface area (Å²) in [6.45, 7) is 0. The van der Waals surface area contributed by atoms with Gasteiger partial charge in [-0.3, -0.25) is 5.09 Å². The van der Waals surface area contributed by atoms with Gasteiger partial charge in [-0.2, -0.15) is 0 Å². The van der Waals surface area contributed by atoms with Crippen LogP contribution >= 0.6 is 8.73 Å². The van der Waals surface area contributed by atoms with Crippen molar-refractivity contribution in [1.82, 2.24) is 5.09 Å². The topological polar surface area (TPSA) is 38.0 Å². The average molecular weight is 320 g/mol. The van der Waals surface area contributed by atoms with Crippen molar-refractivity contribution >= 4 is 14.0 Å². The van der Waals surface area contributed by atoms with Crippen molar-refractivity contribution in [1.29, 1.82) is 0 Å². The van der Waals surface area contributed by atoms with E-state index in [4.69, 9.17) is 5.73 Å². The third-order valence-corrected chi connectivity index (χ3v) is 4.93. The first-order chi connectivity index (χ1) is 11.3. The van der Waals surface area contributed by atoms with Gasteiger partial charge in [0.25, 0.3) is 0 Å². The summed E-state index contributed by atoms with van der Waals surface area (Å²) in [4.78, 5) is 0. The highest BCUT2D eigenvalue weighted by Gasteiger charge is 2.20. The van der Waals surface area contributed by atoms with Crippen LogP contribution in [-0.2, 0) is 0 Å². The second kappa shape index (κ2) is 8.03. The minimum absolute atomic E-state index is 0.0807. The lowest BCUT2D eigenvalue weighted by Gasteiger charge is -2.26. The molecule has 0 aliphatic rings. The number of benzene rings is 3. The molecule has 0 fully saturated rings. The van der Waals surface area contributed by atoms with Crippen LogP contribution in [0, 0.1) is 0 Å². The van der Waals surface area contributed by atoms with Gasteiger partial charge in [-0.1, -0.05) is 91.0 Å². The molecular weight excluding hydrogens is 299 g/mol. The minimum Gasteiger partial charge on any atom is -0.322 e. The molecule has 0 spiro atoms. The van der Waals surface area contributed by atoms with E-state index < -0.39 is 0 Å². The van der Waals surface area contributed by atoms with E-state index in [1.807, 2.05) is 30.3 Å². The van der Waals surface area contributed by atoms with Gasteiger partial charge in [0.1, 0.15) is 0 Å².